The highest BCUT2D eigenvalue weighted by atomic mass is 16.6. The van der Waals surface area contributed by atoms with Crippen molar-refractivity contribution in [1.82, 2.24) is 0 Å². The third kappa shape index (κ3) is 5.11. The van der Waals surface area contributed by atoms with E-state index in [1.165, 1.54) is 0 Å². The SMILES string of the molecule is Cc1ccccc1C1C(OC(=O)c2ccc3ccccc3c2)C(OC(=O)c2ccc3ccccc3c2)[C@@H](C)C2C=CC=C[C@H]12. The van der Waals surface area contributed by atoms with Crippen LogP contribution in [0.15, 0.2) is 133 Å². The largest absolute Gasteiger partial charge is 0.454 e. The number of allylic oxidation sites excluding steroid dienone is 4. The molecule has 0 heterocycles. The monoisotopic (exact) mass is 578 g/mol. The van der Waals surface area contributed by atoms with Crippen LogP contribution in [0.1, 0.15) is 44.7 Å². The fraction of sp³-hybridized carbons (Fsp3) is 0.200. The second-order valence-corrected chi connectivity index (χ2v) is 12.0. The number of hydrogen-bond donors (Lipinski definition) is 0. The van der Waals surface area contributed by atoms with Gasteiger partial charge in [-0.2, -0.15) is 0 Å². The van der Waals surface area contributed by atoms with E-state index < -0.39 is 24.1 Å². The molecule has 5 aromatic rings. The molecule has 0 aromatic heterocycles. The fourth-order valence-electron chi connectivity index (χ4n) is 7.14. The molecule has 44 heavy (non-hydrogen) atoms. The van der Waals surface area contributed by atoms with Crippen molar-refractivity contribution in [3.63, 3.8) is 0 Å². The molecular weight excluding hydrogens is 544 g/mol. The number of ether oxygens (including phenoxy) is 2. The van der Waals surface area contributed by atoms with Crippen LogP contribution in [0.5, 0.6) is 0 Å². The number of fused-ring (bicyclic) bond motifs is 3. The molecule has 1 saturated carbocycles. The van der Waals surface area contributed by atoms with Gasteiger partial charge in [0.25, 0.3) is 0 Å². The zero-order chi connectivity index (χ0) is 30.2. The van der Waals surface area contributed by atoms with E-state index in [1.807, 2.05) is 91.0 Å². The molecule has 4 heteroatoms. The minimum Gasteiger partial charge on any atom is -0.454 e. The molecule has 0 spiro atoms. The lowest BCUT2D eigenvalue weighted by Crippen LogP contribution is -2.53. The van der Waals surface area contributed by atoms with E-state index in [0.29, 0.717) is 11.1 Å². The first-order valence-corrected chi connectivity index (χ1v) is 15.3. The molecule has 5 aromatic carbocycles. The maximum atomic E-state index is 13.9. The quantitative estimate of drug-likeness (QED) is 0.196. The molecule has 0 N–H and O–H groups in total. The fourth-order valence-corrected chi connectivity index (χ4v) is 7.14. The Bertz CT molecular complexity index is 1940. The molecule has 1 fully saturated rings. The average Bonchev–Trinajstić information content (AvgIpc) is 3.06. The topological polar surface area (TPSA) is 52.6 Å². The lowest BCUT2D eigenvalue weighted by Gasteiger charge is -2.49. The van der Waals surface area contributed by atoms with Crippen LogP contribution in [0.2, 0.25) is 0 Å². The van der Waals surface area contributed by atoms with Crippen molar-refractivity contribution < 1.29 is 19.1 Å². The van der Waals surface area contributed by atoms with Gasteiger partial charge in [-0.25, -0.2) is 9.59 Å². The first-order valence-electron chi connectivity index (χ1n) is 15.3. The zero-order valence-corrected chi connectivity index (χ0v) is 24.8. The molecule has 0 aliphatic heterocycles. The molecule has 0 saturated heterocycles. The highest BCUT2D eigenvalue weighted by molar-refractivity contribution is 5.96. The molecule has 2 aliphatic rings. The van der Waals surface area contributed by atoms with Crippen molar-refractivity contribution in [2.45, 2.75) is 32.0 Å². The van der Waals surface area contributed by atoms with Crippen molar-refractivity contribution in [3.05, 3.63) is 156 Å². The summed E-state index contributed by atoms with van der Waals surface area (Å²) in [5.41, 5.74) is 3.15. The number of rotatable bonds is 5. The predicted octanol–water partition coefficient (Wildman–Crippen LogP) is 8.84. The highest BCUT2D eigenvalue weighted by Crippen LogP contribution is 2.50. The molecule has 7 rings (SSSR count). The van der Waals surface area contributed by atoms with E-state index in [-0.39, 0.29) is 23.7 Å². The van der Waals surface area contributed by atoms with Gasteiger partial charge in [0.05, 0.1) is 11.1 Å². The van der Waals surface area contributed by atoms with Crippen molar-refractivity contribution in [3.8, 4) is 0 Å². The minimum atomic E-state index is -0.702. The van der Waals surface area contributed by atoms with E-state index in [9.17, 15) is 9.59 Å². The van der Waals surface area contributed by atoms with Gasteiger partial charge in [-0.1, -0.05) is 116 Å². The lowest BCUT2D eigenvalue weighted by atomic mass is 9.60. The van der Waals surface area contributed by atoms with Crippen LogP contribution >= 0.6 is 0 Å². The normalized spacial score (nSPS) is 24.1. The Kier molecular flexibility index (Phi) is 7.35. The van der Waals surface area contributed by atoms with Crippen LogP contribution in [0.3, 0.4) is 0 Å². The smallest absolute Gasteiger partial charge is 0.338 e. The Labute approximate surface area is 257 Å². The Hall–Kier alpha value is -4.96. The standard InChI is InChI=1S/C40H34O4/c1-25-11-3-8-16-33(25)36-35-18-10-9-17-34(35)26(2)37(43-39(41)31-21-19-27-12-4-6-14-29(27)23-31)38(36)44-40(42)32-22-20-28-13-5-7-15-30(28)24-32/h3-24,26,34-38H,1-2H3/t26-,34?,35-,36?,37?,38?/m0/s1. The molecule has 4 nitrogen and oxygen atoms in total. The number of carbonyl (C=O) groups excluding carboxylic acids is 2. The summed E-state index contributed by atoms with van der Waals surface area (Å²) in [7, 11) is 0. The van der Waals surface area contributed by atoms with Crippen LogP contribution in [-0.4, -0.2) is 24.1 Å². The van der Waals surface area contributed by atoms with Gasteiger partial charge in [-0.3, -0.25) is 0 Å². The summed E-state index contributed by atoms with van der Waals surface area (Å²) >= 11 is 0. The van der Waals surface area contributed by atoms with Crippen molar-refractivity contribution >= 4 is 33.5 Å². The summed E-state index contributed by atoms with van der Waals surface area (Å²) in [6.45, 7) is 4.19. The van der Waals surface area contributed by atoms with E-state index in [1.54, 1.807) is 6.07 Å². The maximum Gasteiger partial charge on any atom is 0.338 e. The molecule has 4 unspecified atom stereocenters. The average molecular weight is 579 g/mol. The molecule has 0 bridgehead atoms. The summed E-state index contributed by atoms with van der Waals surface area (Å²) in [6.07, 6.45) is 7.20. The van der Waals surface area contributed by atoms with Crippen molar-refractivity contribution in [1.29, 1.82) is 0 Å². The molecule has 0 amide bonds. The van der Waals surface area contributed by atoms with Crippen LogP contribution in [-0.2, 0) is 9.47 Å². The van der Waals surface area contributed by atoms with E-state index in [4.69, 9.17) is 9.47 Å². The minimum absolute atomic E-state index is 0.0705. The molecule has 218 valence electrons. The van der Waals surface area contributed by atoms with Gasteiger partial charge >= 0.3 is 11.9 Å². The van der Waals surface area contributed by atoms with Crippen molar-refractivity contribution in [2.24, 2.45) is 17.8 Å². The van der Waals surface area contributed by atoms with E-state index >= 15 is 0 Å². The third-order valence-electron chi connectivity index (χ3n) is 9.44. The van der Waals surface area contributed by atoms with Crippen LogP contribution in [0, 0.1) is 24.7 Å². The summed E-state index contributed by atoms with van der Waals surface area (Å²) in [5, 5.41) is 4.04. The molecular formula is C40H34O4. The Morgan fingerprint density at radius 3 is 1.66 bits per heavy atom. The summed E-state index contributed by atoms with van der Waals surface area (Å²) in [6, 6.07) is 35.4. The first kappa shape index (κ1) is 27.8. The van der Waals surface area contributed by atoms with Gasteiger partial charge in [0.1, 0.15) is 12.2 Å². The van der Waals surface area contributed by atoms with Crippen LogP contribution in [0.25, 0.3) is 21.5 Å². The Morgan fingerprint density at radius 1 is 0.568 bits per heavy atom. The third-order valence-corrected chi connectivity index (χ3v) is 9.44. The zero-order valence-electron chi connectivity index (χ0n) is 24.8. The van der Waals surface area contributed by atoms with Gasteiger partial charge in [-0.15, -0.1) is 0 Å². The second-order valence-electron chi connectivity index (χ2n) is 12.0. The second kappa shape index (κ2) is 11.6. The number of esters is 2. The molecule has 0 radical (unpaired) electrons. The summed E-state index contributed by atoms with van der Waals surface area (Å²) < 4.78 is 12.9. The van der Waals surface area contributed by atoms with E-state index in [2.05, 4.69) is 50.3 Å². The predicted molar refractivity (Wildman–Crippen MR) is 175 cm³/mol. The summed E-state index contributed by atoms with van der Waals surface area (Å²) in [4.78, 5) is 27.8. The number of aryl methyl sites for hydroxylation is 1. The Morgan fingerprint density at radius 2 is 1.07 bits per heavy atom. The van der Waals surface area contributed by atoms with Crippen LogP contribution in [0.4, 0.5) is 0 Å². The number of hydrogen-bond acceptors (Lipinski definition) is 4. The van der Waals surface area contributed by atoms with E-state index in [0.717, 1.165) is 32.7 Å². The van der Waals surface area contributed by atoms with Gasteiger partial charge in [-0.05, 0) is 75.7 Å². The van der Waals surface area contributed by atoms with Crippen LogP contribution < -0.4 is 0 Å². The lowest BCUT2D eigenvalue weighted by molar-refractivity contribution is -0.0996. The highest BCUT2D eigenvalue weighted by Gasteiger charge is 2.52. The maximum absolute atomic E-state index is 13.9. The van der Waals surface area contributed by atoms with Gasteiger partial charge in [0, 0.05) is 11.8 Å². The molecule has 6 atom stereocenters. The summed E-state index contributed by atoms with van der Waals surface area (Å²) in [5.74, 6) is -0.975. The Balaban J connectivity index is 1.30. The first-order chi connectivity index (χ1) is 21.5. The van der Waals surface area contributed by atoms with Gasteiger partial charge in [0.2, 0.25) is 0 Å². The van der Waals surface area contributed by atoms with Gasteiger partial charge in [0.15, 0.2) is 0 Å². The van der Waals surface area contributed by atoms with Crippen molar-refractivity contribution in [2.75, 3.05) is 0 Å². The number of benzene rings is 5. The number of carbonyl (C=O) groups is 2. The molecule has 2 aliphatic carbocycles. The van der Waals surface area contributed by atoms with Gasteiger partial charge < -0.3 is 9.47 Å².